The average Bonchev–Trinajstić information content (AvgIpc) is 2.54. The Morgan fingerprint density at radius 3 is 2.14 bits per heavy atom. The number of rotatable bonds is 8. The van der Waals surface area contributed by atoms with Crippen LogP contribution in [0.15, 0.2) is 54.6 Å². The number of aliphatic hydroxyl groups excluding tert-OH is 1. The molecule has 0 bridgehead atoms. The van der Waals surface area contributed by atoms with Crippen LogP contribution in [0.2, 0.25) is 0 Å². The van der Waals surface area contributed by atoms with Crippen LogP contribution >= 0.6 is 0 Å². The van der Waals surface area contributed by atoms with Gasteiger partial charge < -0.3 is 14.6 Å². The largest absolute Gasteiger partial charge is 0.490 e. The maximum absolute atomic E-state index is 9.54. The van der Waals surface area contributed by atoms with E-state index in [-0.39, 0.29) is 12.5 Å². The van der Waals surface area contributed by atoms with Crippen LogP contribution in [0.3, 0.4) is 0 Å². The van der Waals surface area contributed by atoms with Crippen molar-refractivity contribution >= 4 is 0 Å². The molecule has 0 radical (unpaired) electrons. The lowest BCUT2D eigenvalue weighted by molar-refractivity contribution is 0.223. The van der Waals surface area contributed by atoms with Gasteiger partial charge in [-0.1, -0.05) is 42.5 Å². The summed E-state index contributed by atoms with van der Waals surface area (Å²) in [6, 6.07) is 17.7. The molecule has 0 fully saturated rings. The van der Waals surface area contributed by atoms with Crippen molar-refractivity contribution in [2.45, 2.75) is 19.3 Å². The van der Waals surface area contributed by atoms with E-state index in [4.69, 9.17) is 9.47 Å². The minimum absolute atomic E-state index is 0.102. The van der Waals surface area contributed by atoms with E-state index in [1.165, 1.54) is 0 Å². The second-order valence-corrected chi connectivity index (χ2v) is 4.81. The van der Waals surface area contributed by atoms with Crippen LogP contribution < -0.4 is 9.47 Å². The topological polar surface area (TPSA) is 38.7 Å². The summed E-state index contributed by atoms with van der Waals surface area (Å²) >= 11 is 0. The highest BCUT2D eigenvalue weighted by molar-refractivity contribution is 5.39. The fourth-order valence-electron chi connectivity index (χ4n) is 2.24. The van der Waals surface area contributed by atoms with Gasteiger partial charge in [-0.25, -0.2) is 0 Å². The van der Waals surface area contributed by atoms with E-state index in [1.54, 1.807) is 0 Å². The predicted molar refractivity (Wildman–Crippen MR) is 84.0 cm³/mol. The Kier molecular flexibility index (Phi) is 6.10. The summed E-state index contributed by atoms with van der Waals surface area (Å²) in [7, 11) is 0. The van der Waals surface area contributed by atoms with E-state index in [1.807, 2.05) is 61.5 Å². The molecule has 0 spiro atoms. The Balaban J connectivity index is 1.91. The van der Waals surface area contributed by atoms with E-state index in [0.717, 1.165) is 23.5 Å². The molecular formula is C18H22O3. The van der Waals surface area contributed by atoms with Gasteiger partial charge in [-0.05, 0) is 31.0 Å². The SMILES string of the molecule is CCOc1ccccc1OCCC(CO)c1ccccc1. The minimum atomic E-state index is 0.102. The van der Waals surface area contributed by atoms with E-state index < -0.39 is 0 Å². The summed E-state index contributed by atoms with van der Waals surface area (Å²) in [5.74, 6) is 1.62. The van der Waals surface area contributed by atoms with Crippen LogP contribution in [0.4, 0.5) is 0 Å². The van der Waals surface area contributed by atoms with E-state index in [0.29, 0.717) is 13.2 Å². The monoisotopic (exact) mass is 286 g/mol. The third kappa shape index (κ3) is 4.50. The summed E-state index contributed by atoms with van der Waals surface area (Å²) in [5.41, 5.74) is 1.14. The van der Waals surface area contributed by atoms with Crippen molar-refractivity contribution in [2.75, 3.05) is 19.8 Å². The number of benzene rings is 2. The van der Waals surface area contributed by atoms with Crippen LogP contribution in [-0.4, -0.2) is 24.9 Å². The van der Waals surface area contributed by atoms with Crippen molar-refractivity contribution in [2.24, 2.45) is 0 Å². The molecule has 21 heavy (non-hydrogen) atoms. The van der Waals surface area contributed by atoms with Gasteiger partial charge >= 0.3 is 0 Å². The van der Waals surface area contributed by atoms with E-state index in [9.17, 15) is 5.11 Å². The van der Waals surface area contributed by atoms with Gasteiger partial charge in [-0.15, -0.1) is 0 Å². The zero-order valence-electron chi connectivity index (χ0n) is 12.4. The first-order valence-electron chi connectivity index (χ1n) is 7.35. The summed E-state index contributed by atoms with van der Waals surface area (Å²) < 4.78 is 11.3. The first-order chi connectivity index (χ1) is 10.3. The van der Waals surface area contributed by atoms with Gasteiger partial charge in [0.15, 0.2) is 11.5 Å². The molecule has 0 saturated heterocycles. The number of hydrogen-bond acceptors (Lipinski definition) is 3. The van der Waals surface area contributed by atoms with Crippen LogP contribution in [0, 0.1) is 0 Å². The molecule has 1 atom stereocenters. The lowest BCUT2D eigenvalue weighted by Crippen LogP contribution is -2.10. The molecule has 0 aliphatic rings. The van der Waals surface area contributed by atoms with Crippen LogP contribution in [0.5, 0.6) is 11.5 Å². The van der Waals surface area contributed by atoms with Crippen molar-refractivity contribution in [3.8, 4) is 11.5 Å². The quantitative estimate of drug-likeness (QED) is 0.805. The molecule has 0 amide bonds. The fraction of sp³-hybridized carbons (Fsp3) is 0.333. The average molecular weight is 286 g/mol. The molecule has 3 nitrogen and oxygen atoms in total. The molecule has 1 N–H and O–H groups in total. The molecule has 112 valence electrons. The smallest absolute Gasteiger partial charge is 0.161 e. The maximum Gasteiger partial charge on any atom is 0.161 e. The van der Waals surface area contributed by atoms with Gasteiger partial charge in [0.1, 0.15) is 0 Å². The molecule has 2 aromatic rings. The van der Waals surface area contributed by atoms with Gasteiger partial charge in [0, 0.05) is 5.92 Å². The van der Waals surface area contributed by atoms with Crippen molar-refractivity contribution < 1.29 is 14.6 Å². The Bertz CT molecular complexity index is 525. The first-order valence-corrected chi connectivity index (χ1v) is 7.35. The molecule has 2 aromatic carbocycles. The Morgan fingerprint density at radius 2 is 1.52 bits per heavy atom. The molecule has 0 aliphatic carbocycles. The van der Waals surface area contributed by atoms with Crippen molar-refractivity contribution in [3.63, 3.8) is 0 Å². The van der Waals surface area contributed by atoms with Gasteiger partial charge in [0.05, 0.1) is 19.8 Å². The van der Waals surface area contributed by atoms with E-state index in [2.05, 4.69) is 0 Å². The fourth-order valence-corrected chi connectivity index (χ4v) is 2.24. The van der Waals surface area contributed by atoms with Crippen LogP contribution in [0.1, 0.15) is 24.8 Å². The summed E-state index contributed by atoms with van der Waals surface area (Å²) in [5, 5.41) is 9.54. The second-order valence-electron chi connectivity index (χ2n) is 4.81. The summed E-state index contributed by atoms with van der Waals surface area (Å²) in [4.78, 5) is 0. The Morgan fingerprint density at radius 1 is 0.905 bits per heavy atom. The highest BCUT2D eigenvalue weighted by Gasteiger charge is 2.11. The number of hydrogen-bond donors (Lipinski definition) is 1. The van der Waals surface area contributed by atoms with Crippen molar-refractivity contribution in [3.05, 3.63) is 60.2 Å². The Hall–Kier alpha value is -2.00. The lowest BCUT2D eigenvalue weighted by Gasteiger charge is -2.16. The Labute approximate surface area is 126 Å². The maximum atomic E-state index is 9.54. The number of ether oxygens (including phenoxy) is 2. The highest BCUT2D eigenvalue weighted by atomic mass is 16.5. The molecule has 0 aromatic heterocycles. The third-order valence-electron chi connectivity index (χ3n) is 3.36. The van der Waals surface area contributed by atoms with E-state index >= 15 is 0 Å². The van der Waals surface area contributed by atoms with Crippen LogP contribution in [-0.2, 0) is 0 Å². The highest BCUT2D eigenvalue weighted by Crippen LogP contribution is 2.27. The number of aliphatic hydroxyl groups is 1. The second kappa shape index (κ2) is 8.32. The lowest BCUT2D eigenvalue weighted by atomic mass is 9.97. The van der Waals surface area contributed by atoms with Crippen molar-refractivity contribution in [1.29, 1.82) is 0 Å². The van der Waals surface area contributed by atoms with Crippen LogP contribution in [0.25, 0.3) is 0 Å². The normalized spacial score (nSPS) is 11.9. The molecule has 1 unspecified atom stereocenters. The van der Waals surface area contributed by atoms with Gasteiger partial charge in [0.2, 0.25) is 0 Å². The molecule has 0 heterocycles. The predicted octanol–water partition coefficient (Wildman–Crippen LogP) is 3.63. The molecule has 0 saturated carbocycles. The third-order valence-corrected chi connectivity index (χ3v) is 3.36. The number of para-hydroxylation sites is 2. The van der Waals surface area contributed by atoms with Gasteiger partial charge in [-0.2, -0.15) is 0 Å². The van der Waals surface area contributed by atoms with Crippen molar-refractivity contribution in [1.82, 2.24) is 0 Å². The molecule has 3 heteroatoms. The molecule has 0 aliphatic heterocycles. The van der Waals surface area contributed by atoms with Gasteiger partial charge in [-0.3, -0.25) is 0 Å². The molecular weight excluding hydrogens is 264 g/mol. The zero-order chi connectivity index (χ0) is 14.9. The summed E-state index contributed by atoms with van der Waals surface area (Å²) in [6.45, 7) is 3.24. The molecule has 2 rings (SSSR count). The first kappa shape index (κ1) is 15.4. The summed E-state index contributed by atoms with van der Waals surface area (Å²) in [6.07, 6.45) is 0.765. The minimum Gasteiger partial charge on any atom is -0.490 e. The zero-order valence-corrected chi connectivity index (χ0v) is 12.4. The standard InChI is InChI=1S/C18H22O3/c1-2-20-17-10-6-7-11-18(17)21-13-12-16(14-19)15-8-4-3-5-9-15/h3-11,16,19H,2,12-14H2,1H3. The van der Waals surface area contributed by atoms with Gasteiger partial charge in [0.25, 0.3) is 0 Å².